The van der Waals surface area contributed by atoms with E-state index in [4.69, 9.17) is 4.74 Å². The summed E-state index contributed by atoms with van der Waals surface area (Å²) in [6, 6.07) is 10.0. The van der Waals surface area contributed by atoms with Crippen molar-refractivity contribution in [3.63, 3.8) is 0 Å². The lowest BCUT2D eigenvalue weighted by Crippen LogP contribution is -2.06. The molecule has 0 aliphatic heterocycles. The van der Waals surface area contributed by atoms with E-state index in [9.17, 15) is 9.59 Å². The highest BCUT2D eigenvalue weighted by atomic mass is 32.2. The minimum absolute atomic E-state index is 0.262. The van der Waals surface area contributed by atoms with Gasteiger partial charge in [0.15, 0.2) is 0 Å². The molecule has 0 aliphatic carbocycles. The van der Waals surface area contributed by atoms with Gasteiger partial charge >= 0.3 is 11.9 Å². The van der Waals surface area contributed by atoms with E-state index < -0.39 is 0 Å². The summed E-state index contributed by atoms with van der Waals surface area (Å²) in [6.07, 6.45) is 2.24. The lowest BCUT2D eigenvalue weighted by Gasteiger charge is -2.07. The second kappa shape index (κ2) is 8.59. The Morgan fingerprint density at radius 1 is 1.12 bits per heavy atom. The third-order valence-electron chi connectivity index (χ3n) is 3.69. The molecule has 1 heterocycles. The van der Waals surface area contributed by atoms with Crippen LogP contribution in [0.5, 0.6) is 0 Å². The number of carbonyl (C=O) groups excluding carboxylic acids is 2. The van der Waals surface area contributed by atoms with E-state index in [2.05, 4.69) is 4.74 Å². The van der Waals surface area contributed by atoms with Gasteiger partial charge in [0.1, 0.15) is 0 Å². The van der Waals surface area contributed by atoms with Crippen LogP contribution in [-0.2, 0) is 20.8 Å². The van der Waals surface area contributed by atoms with Gasteiger partial charge in [-0.3, -0.25) is 4.79 Å². The topological polar surface area (TPSA) is 57.5 Å². The lowest BCUT2D eigenvalue weighted by atomic mass is 10.2. The third-order valence-corrected chi connectivity index (χ3v) is 4.72. The van der Waals surface area contributed by atoms with E-state index in [0.717, 1.165) is 16.2 Å². The summed E-state index contributed by atoms with van der Waals surface area (Å²) in [5, 5.41) is 0. The fourth-order valence-electron chi connectivity index (χ4n) is 2.38. The van der Waals surface area contributed by atoms with E-state index in [0.29, 0.717) is 24.3 Å². The van der Waals surface area contributed by atoms with Crippen LogP contribution in [0.15, 0.2) is 41.4 Å². The highest BCUT2D eigenvalue weighted by molar-refractivity contribution is 7.99. The number of rotatable bonds is 7. The Balaban J connectivity index is 2.23. The molecule has 128 valence electrons. The number of methoxy groups -OCH3 is 2. The molecule has 0 aliphatic rings. The highest BCUT2D eigenvalue weighted by Gasteiger charge is 2.20. The molecule has 2 rings (SSSR count). The van der Waals surface area contributed by atoms with E-state index in [1.165, 1.54) is 26.0 Å². The van der Waals surface area contributed by atoms with Gasteiger partial charge in [-0.2, -0.15) is 0 Å². The van der Waals surface area contributed by atoms with Crippen LogP contribution >= 0.6 is 11.8 Å². The molecular weight excluding hydrogens is 326 g/mol. The van der Waals surface area contributed by atoms with Gasteiger partial charge in [-0.1, -0.05) is 30.3 Å². The molecule has 0 amide bonds. The molecule has 0 spiro atoms. The van der Waals surface area contributed by atoms with Crippen molar-refractivity contribution in [1.82, 2.24) is 4.57 Å². The normalized spacial score (nSPS) is 10.5. The van der Waals surface area contributed by atoms with Crippen LogP contribution in [0.4, 0.5) is 0 Å². The van der Waals surface area contributed by atoms with Gasteiger partial charge < -0.3 is 14.0 Å². The first-order valence-electron chi connectivity index (χ1n) is 7.58. The van der Waals surface area contributed by atoms with Crippen LogP contribution in [0.2, 0.25) is 0 Å². The summed E-state index contributed by atoms with van der Waals surface area (Å²) in [5.74, 6) is -0.0757. The molecule has 0 saturated carbocycles. The van der Waals surface area contributed by atoms with Crippen molar-refractivity contribution >= 4 is 23.7 Å². The maximum Gasteiger partial charge on any atom is 0.340 e. The molecule has 5 nitrogen and oxygen atoms in total. The van der Waals surface area contributed by atoms with Gasteiger partial charge in [-0.15, -0.1) is 11.8 Å². The monoisotopic (exact) mass is 347 g/mol. The predicted octanol–water partition coefficient (Wildman–Crippen LogP) is 3.29. The van der Waals surface area contributed by atoms with Crippen molar-refractivity contribution in [2.24, 2.45) is 0 Å². The first-order chi connectivity index (χ1) is 11.6. The standard InChI is InChI=1S/C18H21NO4S/c1-13-17(18(21)23-3)15(24-10-9-16(20)22-2)12-19(13)11-14-7-5-4-6-8-14/h4-8,12H,9-11H2,1-3H3. The van der Waals surface area contributed by atoms with Crippen molar-refractivity contribution in [3.8, 4) is 0 Å². The molecule has 1 aromatic heterocycles. The van der Waals surface area contributed by atoms with Crippen molar-refractivity contribution in [2.75, 3.05) is 20.0 Å². The SMILES string of the molecule is COC(=O)CCSc1cn(Cc2ccccc2)c(C)c1C(=O)OC. The smallest absolute Gasteiger partial charge is 0.340 e. The van der Waals surface area contributed by atoms with Crippen LogP contribution < -0.4 is 0 Å². The number of hydrogen-bond donors (Lipinski definition) is 0. The molecule has 0 N–H and O–H groups in total. The molecular formula is C18H21NO4S. The number of carbonyl (C=O) groups is 2. The molecule has 0 unspecified atom stereocenters. The van der Waals surface area contributed by atoms with Crippen LogP contribution in [0.1, 0.15) is 28.0 Å². The van der Waals surface area contributed by atoms with E-state index >= 15 is 0 Å². The van der Waals surface area contributed by atoms with Gasteiger partial charge in [0.25, 0.3) is 0 Å². The zero-order valence-corrected chi connectivity index (χ0v) is 14.9. The van der Waals surface area contributed by atoms with Gasteiger partial charge in [-0.25, -0.2) is 4.79 Å². The Labute approximate surface area is 146 Å². The molecule has 0 saturated heterocycles. The third kappa shape index (κ3) is 4.41. The molecule has 1 aromatic carbocycles. The summed E-state index contributed by atoms with van der Waals surface area (Å²) in [4.78, 5) is 24.2. The van der Waals surface area contributed by atoms with Gasteiger partial charge in [-0.05, 0) is 12.5 Å². The maximum atomic E-state index is 12.1. The lowest BCUT2D eigenvalue weighted by molar-refractivity contribution is -0.140. The highest BCUT2D eigenvalue weighted by Crippen LogP contribution is 2.29. The molecule has 0 atom stereocenters. The summed E-state index contributed by atoms with van der Waals surface area (Å²) in [7, 11) is 2.74. The number of esters is 2. The number of nitrogens with zero attached hydrogens (tertiary/aromatic N) is 1. The summed E-state index contributed by atoms with van der Waals surface area (Å²) in [6.45, 7) is 2.58. The number of ether oxygens (including phenoxy) is 2. The van der Waals surface area contributed by atoms with Crippen molar-refractivity contribution in [3.05, 3.63) is 53.3 Å². The second-order valence-corrected chi connectivity index (χ2v) is 6.37. The zero-order chi connectivity index (χ0) is 17.5. The average molecular weight is 347 g/mol. The van der Waals surface area contributed by atoms with Gasteiger partial charge in [0, 0.05) is 29.1 Å². The molecule has 6 heteroatoms. The Hall–Kier alpha value is -2.21. The molecule has 24 heavy (non-hydrogen) atoms. The first-order valence-corrected chi connectivity index (χ1v) is 8.57. The number of benzene rings is 1. The Morgan fingerprint density at radius 2 is 1.83 bits per heavy atom. The maximum absolute atomic E-state index is 12.1. The van der Waals surface area contributed by atoms with Crippen LogP contribution in [-0.4, -0.2) is 36.5 Å². The van der Waals surface area contributed by atoms with E-state index in [1.807, 2.05) is 48.0 Å². The molecule has 0 radical (unpaired) electrons. The van der Waals surface area contributed by atoms with Crippen LogP contribution in [0, 0.1) is 6.92 Å². The predicted molar refractivity (Wildman–Crippen MR) is 93.4 cm³/mol. The fraction of sp³-hybridized carbons (Fsp3) is 0.333. The quantitative estimate of drug-likeness (QED) is 0.568. The second-order valence-electron chi connectivity index (χ2n) is 5.23. The Bertz CT molecular complexity index is 709. The van der Waals surface area contributed by atoms with E-state index in [1.54, 1.807) is 0 Å². The molecule has 2 aromatic rings. The Morgan fingerprint density at radius 3 is 2.46 bits per heavy atom. The molecule has 0 fully saturated rings. The van der Waals surface area contributed by atoms with Gasteiger partial charge in [0.05, 0.1) is 26.2 Å². The number of aromatic nitrogens is 1. The minimum Gasteiger partial charge on any atom is -0.469 e. The van der Waals surface area contributed by atoms with Crippen molar-refractivity contribution in [2.45, 2.75) is 24.8 Å². The average Bonchev–Trinajstić information content (AvgIpc) is 2.90. The van der Waals surface area contributed by atoms with Crippen molar-refractivity contribution < 1.29 is 19.1 Å². The summed E-state index contributed by atoms with van der Waals surface area (Å²) in [5.41, 5.74) is 2.56. The summed E-state index contributed by atoms with van der Waals surface area (Å²) >= 11 is 1.46. The van der Waals surface area contributed by atoms with Crippen molar-refractivity contribution in [1.29, 1.82) is 0 Å². The van der Waals surface area contributed by atoms with Crippen LogP contribution in [0.25, 0.3) is 0 Å². The zero-order valence-electron chi connectivity index (χ0n) is 14.1. The fourth-order valence-corrected chi connectivity index (χ4v) is 3.44. The number of thioether (sulfide) groups is 1. The summed E-state index contributed by atoms with van der Waals surface area (Å²) < 4.78 is 11.6. The van der Waals surface area contributed by atoms with E-state index in [-0.39, 0.29) is 11.9 Å². The first kappa shape index (κ1) is 18.1. The largest absolute Gasteiger partial charge is 0.469 e. The van der Waals surface area contributed by atoms with Crippen LogP contribution in [0.3, 0.4) is 0 Å². The molecule has 0 bridgehead atoms. The number of hydrogen-bond acceptors (Lipinski definition) is 5. The Kier molecular flexibility index (Phi) is 6.49. The van der Waals surface area contributed by atoms with Gasteiger partial charge in [0.2, 0.25) is 0 Å². The minimum atomic E-state index is -0.361.